The maximum absolute atomic E-state index is 10.6. The van der Waals surface area contributed by atoms with E-state index in [1.807, 2.05) is 50.2 Å². The number of carbonyl (C=O) groups is 1. The third kappa shape index (κ3) is 2.82. The molecule has 2 rings (SSSR count). The van der Waals surface area contributed by atoms with E-state index < -0.39 is 6.03 Å². The van der Waals surface area contributed by atoms with Crippen molar-refractivity contribution in [3.63, 3.8) is 0 Å². The summed E-state index contributed by atoms with van der Waals surface area (Å²) in [5.41, 5.74) is 11.3. The number of aromatic nitrogens is 1. The highest BCUT2D eigenvalue weighted by molar-refractivity contribution is 5.83. The molecule has 0 spiro atoms. The fourth-order valence-electron chi connectivity index (χ4n) is 2.06. The van der Waals surface area contributed by atoms with Gasteiger partial charge in [0.1, 0.15) is 0 Å². The molecule has 5 nitrogen and oxygen atoms in total. The summed E-state index contributed by atoms with van der Waals surface area (Å²) in [7, 11) is 0. The van der Waals surface area contributed by atoms with Gasteiger partial charge >= 0.3 is 6.03 Å². The minimum Gasteiger partial charge on any atom is -0.350 e. The first-order chi connectivity index (χ1) is 9.09. The number of benzene rings is 1. The molecule has 1 aromatic carbocycles. The van der Waals surface area contributed by atoms with Crippen LogP contribution in [0.5, 0.6) is 0 Å². The highest BCUT2D eigenvalue weighted by Crippen LogP contribution is 2.19. The van der Waals surface area contributed by atoms with Crippen LogP contribution >= 0.6 is 0 Å². The Morgan fingerprint density at radius 2 is 2.00 bits per heavy atom. The fraction of sp³-hybridized carbons (Fsp3) is 0.143. The molecule has 0 atom stereocenters. The number of rotatable bonds is 3. The van der Waals surface area contributed by atoms with Crippen molar-refractivity contribution < 1.29 is 4.79 Å². The lowest BCUT2D eigenvalue weighted by Gasteiger charge is -2.08. The largest absolute Gasteiger partial charge is 0.350 e. The lowest BCUT2D eigenvalue weighted by atomic mass is 10.2. The minimum atomic E-state index is -0.673. The Morgan fingerprint density at radius 1 is 1.32 bits per heavy atom. The molecule has 1 aromatic heterocycles. The summed E-state index contributed by atoms with van der Waals surface area (Å²) in [6.07, 6.45) is 1.59. The third-order valence-corrected chi connectivity index (χ3v) is 2.86. The van der Waals surface area contributed by atoms with Crippen LogP contribution in [-0.4, -0.2) is 16.8 Å². The normalized spacial score (nSPS) is 10.8. The zero-order valence-electron chi connectivity index (χ0n) is 10.9. The number of urea groups is 1. The van der Waals surface area contributed by atoms with Crippen molar-refractivity contribution in [2.45, 2.75) is 13.8 Å². The molecule has 3 N–H and O–H groups in total. The first kappa shape index (κ1) is 12.9. The number of nitrogens with zero attached hydrogens (tertiary/aromatic N) is 2. The second kappa shape index (κ2) is 5.39. The molecule has 19 heavy (non-hydrogen) atoms. The van der Waals surface area contributed by atoms with Crippen LogP contribution < -0.4 is 11.2 Å². The van der Waals surface area contributed by atoms with Crippen LogP contribution in [0.25, 0.3) is 5.69 Å². The zero-order valence-corrected chi connectivity index (χ0v) is 10.9. The van der Waals surface area contributed by atoms with E-state index in [0.717, 1.165) is 22.6 Å². The highest BCUT2D eigenvalue weighted by Gasteiger charge is 2.08. The number of para-hydroxylation sites is 1. The van der Waals surface area contributed by atoms with Crippen LogP contribution in [-0.2, 0) is 0 Å². The van der Waals surface area contributed by atoms with Crippen LogP contribution in [0.2, 0.25) is 0 Å². The maximum atomic E-state index is 10.6. The molecule has 5 heteroatoms. The van der Waals surface area contributed by atoms with Crippen molar-refractivity contribution in [2.75, 3.05) is 0 Å². The SMILES string of the molecule is Cc1cc(/C=N\NC(N)=O)c(C)n1-c1ccccc1. The molecule has 0 aliphatic carbocycles. The first-order valence-corrected chi connectivity index (χ1v) is 5.92. The number of nitrogens with two attached hydrogens (primary N) is 1. The first-order valence-electron chi connectivity index (χ1n) is 5.92. The number of hydrogen-bond donors (Lipinski definition) is 2. The summed E-state index contributed by atoms with van der Waals surface area (Å²) in [4.78, 5) is 10.6. The van der Waals surface area contributed by atoms with Crippen LogP contribution in [0, 0.1) is 13.8 Å². The van der Waals surface area contributed by atoms with Gasteiger partial charge < -0.3 is 10.3 Å². The lowest BCUT2D eigenvalue weighted by Crippen LogP contribution is -2.24. The molecular weight excluding hydrogens is 240 g/mol. The molecule has 0 bridgehead atoms. The lowest BCUT2D eigenvalue weighted by molar-refractivity contribution is 0.249. The Labute approximate surface area is 111 Å². The quantitative estimate of drug-likeness (QED) is 0.640. The van der Waals surface area contributed by atoms with Crippen molar-refractivity contribution in [3.05, 3.63) is 53.3 Å². The van der Waals surface area contributed by atoms with E-state index >= 15 is 0 Å². The van der Waals surface area contributed by atoms with Crippen molar-refractivity contribution in [2.24, 2.45) is 10.8 Å². The third-order valence-electron chi connectivity index (χ3n) is 2.86. The van der Waals surface area contributed by atoms with Gasteiger partial charge in [0.15, 0.2) is 0 Å². The maximum Gasteiger partial charge on any atom is 0.332 e. The van der Waals surface area contributed by atoms with Crippen molar-refractivity contribution in [1.82, 2.24) is 9.99 Å². The van der Waals surface area contributed by atoms with Crippen molar-refractivity contribution in [1.29, 1.82) is 0 Å². The van der Waals surface area contributed by atoms with Gasteiger partial charge in [-0.3, -0.25) is 0 Å². The molecule has 0 fully saturated rings. The average Bonchev–Trinajstić information content (AvgIpc) is 2.65. The number of primary amides is 1. The Hall–Kier alpha value is -2.56. The summed E-state index contributed by atoms with van der Waals surface area (Å²) in [6.45, 7) is 4.03. The minimum absolute atomic E-state index is 0.673. The van der Waals surface area contributed by atoms with Gasteiger partial charge in [0, 0.05) is 22.6 Å². The summed E-state index contributed by atoms with van der Waals surface area (Å²) in [5.74, 6) is 0. The topological polar surface area (TPSA) is 72.4 Å². The van der Waals surface area contributed by atoms with Crippen LogP contribution in [0.15, 0.2) is 41.5 Å². The summed E-state index contributed by atoms with van der Waals surface area (Å²) >= 11 is 0. The van der Waals surface area contributed by atoms with Gasteiger partial charge in [-0.25, -0.2) is 10.2 Å². The molecule has 0 aliphatic heterocycles. The van der Waals surface area contributed by atoms with Crippen LogP contribution in [0.1, 0.15) is 17.0 Å². The molecule has 98 valence electrons. The number of carbonyl (C=O) groups excluding carboxylic acids is 1. The molecule has 1 heterocycles. The van der Waals surface area contributed by atoms with Gasteiger partial charge in [0.05, 0.1) is 6.21 Å². The molecule has 0 aliphatic rings. The van der Waals surface area contributed by atoms with E-state index in [9.17, 15) is 4.79 Å². The Balaban J connectivity index is 2.35. The Kier molecular flexibility index (Phi) is 3.66. The average molecular weight is 256 g/mol. The van der Waals surface area contributed by atoms with Gasteiger partial charge in [-0.15, -0.1) is 0 Å². The number of amides is 2. The Bertz CT molecular complexity index is 614. The molecule has 2 amide bonds. The van der Waals surface area contributed by atoms with Crippen molar-refractivity contribution >= 4 is 12.2 Å². The monoisotopic (exact) mass is 256 g/mol. The fourth-order valence-corrected chi connectivity index (χ4v) is 2.06. The van der Waals surface area contributed by atoms with E-state index in [4.69, 9.17) is 5.73 Å². The Morgan fingerprint density at radius 3 is 2.63 bits per heavy atom. The van der Waals surface area contributed by atoms with E-state index in [1.54, 1.807) is 6.21 Å². The van der Waals surface area contributed by atoms with Gasteiger partial charge in [0.2, 0.25) is 0 Å². The molecule has 0 radical (unpaired) electrons. The highest BCUT2D eigenvalue weighted by atomic mass is 16.2. The summed E-state index contributed by atoms with van der Waals surface area (Å²) in [5, 5.41) is 3.79. The van der Waals surface area contributed by atoms with Gasteiger partial charge in [-0.05, 0) is 32.0 Å². The number of nitrogens with one attached hydrogen (secondary N) is 1. The van der Waals surface area contributed by atoms with E-state index in [1.165, 1.54) is 0 Å². The smallest absolute Gasteiger partial charge is 0.332 e. The zero-order chi connectivity index (χ0) is 13.8. The second-order valence-electron chi connectivity index (χ2n) is 4.23. The summed E-state index contributed by atoms with van der Waals surface area (Å²) < 4.78 is 2.13. The standard InChI is InChI=1S/C14H16N4O/c1-10-8-12(9-16-17-14(15)19)11(2)18(10)13-6-4-3-5-7-13/h3-9H,1-2H3,(H3,15,17,19)/b16-9-. The molecule has 2 aromatic rings. The van der Waals surface area contributed by atoms with Crippen LogP contribution in [0.3, 0.4) is 0 Å². The van der Waals surface area contributed by atoms with Gasteiger partial charge in [0.25, 0.3) is 0 Å². The van der Waals surface area contributed by atoms with Crippen LogP contribution in [0.4, 0.5) is 4.79 Å². The second-order valence-corrected chi connectivity index (χ2v) is 4.23. The van der Waals surface area contributed by atoms with E-state index in [2.05, 4.69) is 15.1 Å². The van der Waals surface area contributed by atoms with Gasteiger partial charge in [-0.1, -0.05) is 18.2 Å². The van der Waals surface area contributed by atoms with E-state index in [-0.39, 0.29) is 0 Å². The molecule has 0 saturated heterocycles. The molecule has 0 saturated carbocycles. The number of aryl methyl sites for hydroxylation is 1. The molecule has 0 unspecified atom stereocenters. The number of hydrogen-bond acceptors (Lipinski definition) is 2. The van der Waals surface area contributed by atoms with E-state index in [0.29, 0.717) is 0 Å². The number of hydrazone groups is 1. The molecular formula is C14H16N4O. The predicted molar refractivity (Wildman–Crippen MR) is 75.6 cm³/mol. The van der Waals surface area contributed by atoms with Crippen molar-refractivity contribution in [3.8, 4) is 5.69 Å². The predicted octanol–water partition coefficient (Wildman–Crippen LogP) is 2.10. The van der Waals surface area contributed by atoms with Gasteiger partial charge in [-0.2, -0.15) is 5.10 Å². The summed E-state index contributed by atoms with van der Waals surface area (Å²) in [6, 6.07) is 11.4.